The van der Waals surface area contributed by atoms with E-state index >= 15 is 0 Å². The summed E-state index contributed by atoms with van der Waals surface area (Å²) in [5.41, 5.74) is 0.790. The van der Waals surface area contributed by atoms with Crippen LogP contribution in [-0.2, 0) is 10.9 Å². The Morgan fingerprint density at radius 3 is 2.27 bits per heavy atom. The lowest BCUT2D eigenvalue weighted by Crippen LogP contribution is -2.05. The van der Waals surface area contributed by atoms with Crippen molar-refractivity contribution < 1.29 is 17.9 Å². The second-order valence-corrected chi connectivity index (χ2v) is 5.13. The summed E-state index contributed by atoms with van der Waals surface area (Å²) in [7, 11) is 1.54. The number of nitriles is 1. The summed E-state index contributed by atoms with van der Waals surface area (Å²) in [5, 5.41) is 9.16. The topological polar surface area (TPSA) is 33.0 Å². The molecule has 0 saturated heterocycles. The molecule has 22 heavy (non-hydrogen) atoms. The fourth-order valence-corrected chi connectivity index (χ4v) is 2.27. The fourth-order valence-electron chi connectivity index (χ4n) is 2.27. The number of alkyl halides is 3. The number of allylic oxidation sites excluding steroid dienone is 2. The van der Waals surface area contributed by atoms with Crippen LogP contribution in [0, 0.1) is 11.3 Å². The van der Waals surface area contributed by atoms with Crippen LogP contribution in [0.3, 0.4) is 0 Å². The number of ether oxygens (including phenoxy) is 1. The maximum absolute atomic E-state index is 12.5. The van der Waals surface area contributed by atoms with Crippen molar-refractivity contribution >= 4 is 0 Å². The maximum atomic E-state index is 12.5. The number of rotatable bonds is 6. The number of hydrogen-bond donors (Lipinski definition) is 0. The van der Waals surface area contributed by atoms with Crippen LogP contribution < -0.4 is 0 Å². The molecule has 0 heterocycles. The van der Waals surface area contributed by atoms with Crippen LogP contribution in [0.4, 0.5) is 13.2 Å². The summed E-state index contributed by atoms with van der Waals surface area (Å²) in [6.45, 7) is 3.85. The third-order valence-electron chi connectivity index (χ3n) is 3.67. The highest BCUT2D eigenvalue weighted by Gasteiger charge is 2.30. The van der Waals surface area contributed by atoms with Gasteiger partial charge in [-0.25, -0.2) is 0 Å². The van der Waals surface area contributed by atoms with Crippen LogP contribution >= 0.6 is 0 Å². The van der Waals surface area contributed by atoms with Crippen molar-refractivity contribution in [1.29, 1.82) is 5.26 Å². The molecule has 120 valence electrons. The second kappa shape index (κ2) is 7.88. The molecule has 0 bridgehead atoms. The van der Waals surface area contributed by atoms with Crippen molar-refractivity contribution in [3.63, 3.8) is 0 Å². The van der Waals surface area contributed by atoms with Gasteiger partial charge in [-0.15, -0.1) is 0 Å². The van der Waals surface area contributed by atoms with Crippen molar-refractivity contribution in [2.45, 2.75) is 45.2 Å². The van der Waals surface area contributed by atoms with Gasteiger partial charge in [0.05, 0.1) is 24.3 Å². The molecule has 1 aromatic carbocycles. The van der Waals surface area contributed by atoms with Gasteiger partial charge in [-0.2, -0.15) is 18.4 Å². The average Bonchev–Trinajstić information content (AvgIpc) is 2.50. The van der Waals surface area contributed by atoms with E-state index in [2.05, 4.69) is 6.07 Å². The number of benzene rings is 1. The van der Waals surface area contributed by atoms with Crippen molar-refractivity contribution in [1.82, 2.24) is 0 Å². The highest BCUT2D eigenvalue weighted by atomic mass is 19.4. The zero-order valence-corrected chi connectivity index (χ0v) is 13.0. The van der Waals surface area contributed by atoms with Crippen LogP contribution in [-0.4, -0.2) is 7.11 Å². The molecule has 1 atom stereocenters. The van der Waals surface area contributed by atoms with Gasteiger partial charge in [-0.3, -0.25) is 0 Å². The summed E-state index contributed by atoms with van der Waals surface area (Å²) < 4.78 is 42.8. The molecule has 0 aliphatic carbocycles. The molecular weight excluding hydrogens is 291 g/mol. The van der Waals surface area contributed by atoms with Gasteiger partial charge in [-0.1, -0.05) is 26.0 Å². The molecule has 0 amide bonds. The molecule has 0 aliphatic heterocycles. The molecule has 1 rings (SSSR count). The highest BCUT2D eigenvalue weighted by Crippen LogP contribution is 2.31. The lowest BCUT2D eigenvalue weighted by molar-refractivity contribution is -0.137. The summed E-state index contributed by atoms with van der Waals surface area (Å²) in [6, 6.07) is 7.34. The molecule has 0 N–H and O–H groups in total. The van der Waals surface area contributed by atoms with Crippen molar-refractivity contribution in [3.05, 3.63) is 46.7 Å². The summed E-state index contributed by atoms with van der Waals surface area (Å²) in [5.74, 6) is 0.739. The maximum Gasteiger partial charge on any atom is 0.416 e. The van der Waals surface area contributed by atoms with Gasteiger partial charge in [0.2, 0.25) is 0 Å². The predicted molar refractivity (Wildman–Crippen MR) is 79.0 cm³/mol. The van der Waals surface area contributed by atoms with Gasteiger partial charge in [0.25, 0.3) is 0 Å². The molecule has 5 heteroatoms. The van der Waals surface area contributed by atoms with Gasteiger partial charge in [0.1, 0.15) is 5.76 Å². The Labute approximate surface area is 129 Å². The summed E-state index contributed by atoms with van der Waals surface area (Å²) >= 11 is 0. The SMILES string of the molecule is CC/C(OC)=C(\C#N)CCC(C)c1ccc(C(F)(F)F)cc1. The largest absolute Gasteiger partial charge is 0.500 e. The van der Waals surface area contributed by atoms with E-state index in [9.17, 15) is 13.2 Å². The molecule has 0 radical (unpaired) electrons. The predicted octanol–water partition coefficient (Wildman–Crippen LogP) is 5.42. The first kappa shape index (κ1) is 18.1. The minimum absolute atomic E-state index is 0.0700. The van der Waals surface area contributed by atoms with Crippen molar-refractivity contribution in [2.24, 2.45) is 0 Å². The van der Waals surface area contributed by atoms with E-state index in [1.54, 1.807) is 0 Å². The normalized spacial score (nSPS) is 14.0. The Morgan fingerprint density at radius 2 is 1.86 bits per heavy atom. The Bertz CT molecular complexity index is 547. The Hall–Kier alpha value is -1.96. The zero-order valence-electron chi connectivity index (χ0n) is 13.0. The number of nitrogens with zero attached hydrogens (tertiary/aromatic N) is 1. The van der Waals surface area contributed by atoms with E-state index in [0.29, 0.717) is 30.6 Å². The van der Waals surface area contributed by atoms with E-state index in [0.717, 1.165) is 17.7 Å². The van der Waals surface area contributed by atoms with Crippen molar-refractivity contribution in [3.8, 4) is 6.07 Å². The van der Waals surface area contributed by atoms with Crippen LogP contribution in [0.5, 0.6) is 0 Å². The molecule has 0 spiro atoms. The third-order valence-corrected chi connectivity index (χ3v) is 3.67. The minimum Gasteiger partial charge on any atom is -0.500 e. The van der Waals surface area contributed by atoms with E-state index in [1.165, 1.54) is 19.2 Å². The Kier molecular flexibility index (Phi) is 6.48. The quantitative estimate of drug-likeness (QED) is 0.519. The molecule has 1 unspecified atom stereocenters. The first-order valence-electron chi connectivity index (χ1n) is 7.16. The molecule has 0 saturated carbocycles. The van der Waals surface area contributed by atoms with E-state index < -0.39 is 11.7 Å². The number of methoxy groups -OCH3 is 1. The standard InChI is InChI=1S/C17H20F3NO/c1-4-16(22-3)14(11-21)6-5-12(2)13-7-9-15(10-8-13)17(18,19)20/h7-10,12H,4-6H2,1-3H3/b16-14+. The van der Waals surface area contributed by atoms with Crippen molar-refractivity contribution in [2.75, 3.05) is 7.11 Å². The van der Waals surface area contributed by atoms with E-state index in [1.807, 2.05) is 13.8 Å². The Morgan fingerprint density at radius 1 is 1.27 bits per heavy atom. The molecule has 0 fully saturated rings. The first-order chi connectivity index (χ1) is 10.3. The number of hydrogen-bond acceptors (Lipinski definition) is 2. The lowest BCUT2D eigenvalue weighted by atomic mass is 9.93. The monoisotopic (exact) mass is 311 g/mol. The van der Waals surface area contributed by atoms with E-state index in [-0.39, 0.29) is 5.92 Å². The first-order valence-corrected chi connectivity index (χ1v) is 7.16. The molecular formula is C17H20F3NO. The Balaban J connectivity index is 2.76. The second-order valence-electron chi connectivity index (χ2n) is 5.13. The van der Waals surface area contributed by atoms with Crippen LogP contribution in [0.2, 0.25) is 0 Å². The summed E-state index contributed by atoms with van der Waals surface area (Å²) in [4.78, 5) is 0. The molecule has 0 aliphatic rings. The molecule has 0 aromatic heterocycles. The minimum atomic E-state index is -4.31. The molecule has 2 nitrogen and oxygen atoms in total. The summed E-state index contributed by atoms with van der Waals surface area (Å²) in [6.07, 6.45) is -2.43. The molecule has 1 aromatic rings. The number of halogens is 3. The third kappa shape index (κ3) is 4.80. The van der Waals surface area contributed by atoms with Gasteiger partial charge in [-0.05, 0) is 36.5 Å². The van der Waals surface area contributed by atoms with E-state index in [4.69, 9.17) is 10.00 Å². The van der Waals surface area contributed by atoms with Crippen LogP contribution in [0.25, 0.3) is 0 Å². The smallest absolute Gasteiger partial charge is 0.416 e. The zero-order chi connectivity index (χ0) is 16.8. The van der Waals surface area contributed by atoms with Crippen LogP contribution in [0.1, 0.15) is 50.2 Å². The van der Waals surface area contributed by atoms with Gasteiger partial charge in [0.15, 0.2) is 0 Å². The average molecular weight is 311 g/mol. The van der Waals surface area contributed by atoms with Gasteiger partial charge in [0, 0.05) is 6.42 Å². The highest BCUT2D eigenvalue weighted by molar-refractivity contribution is 5.28. The van der Waals surface area contributed by atoms with Gasteiger partial charge < -0.3 is 4.74 Å². The van der Waals surface area contributed by atoms with Crippen LogP contribution in [0.15, 0.2) is 35.6 Å². The lowest BCUT2D eigenvalue weighted by Gasteiger charge is -2.14. The van der Waals surface area contributed by atoms with Gasteiger partial charge >= 0.3 is 6.18 Å². The fraction of sp³-hybridized carbons (Fsp3) is 0.471.